The van der Waals surface area contributed by atoms with Crippen molar-refractivity contribution < 1.29 is 0 Å². The summed E-state index contributed by atoms with van der Waals surface area (Å²) < 4.78 is 0. The van der Waals surface area contributed by atoms with Crippen molar-refractivity contribution in [2.75, 3.05) is 0 Å². The SMILES string of the molecule is CCC(C#N)Cc1ccc2nc(C)[nH]c2c1. The highest BCUT2D eigenvalue weighted by molar-refractivity contribution is 5.75. The molecule has 2 rings (SSSR count). The van der Waals surface area contributed by atoms with Crippen molar-refractivity contribution in [1.82, 2.24) is 9.97 Å². The predicted molar refractivity (Wildman–Crippen MR) is 63.9 cm³/mol. The Morgan fingerprint density at radius 1 is 1.50 bits per heavy atom. The molecule has 0 fully saturated rings. The number of aromatic amines is 1. The summed E-state index contributed by atoms with van der Waals surface area (Å²) in [6.45, 7) is 4.00. The van der Waals surface area contributed by atoms with E-state index >= 15 is 0 Å². The monoisotopic (exact) mass is 213 g/mol. The predicted octanol–water partition coefficient (Wildman–Crippen LogP) is 2.96. The van der Waals surface area contributed by atoms with E-state index in [1.165, 1.54) is 5.56 Å². The largest absolute Gasteiger partial charge is 0.342 e. The molecule has 1 atom stereocenters. The van der Waals surface area contributed by atoms with Gasteiger partial charge in [0, 0.05) is 0 Å². The van der Waals surface area contributed by atoms with Gasteiger partial charge in [0.25, 0.3) is 0 Å². The molecule has 0 saturated carbocycles. The Bertz CT molecular complexity index is 534. The number of rotatable bonds is 3. The summed E-state index contributed by atoms with van der Waals surface area (Å²) in [5.74, 6) is 1.04. The van der Waals surface area contributed by atoms with Crippen LogP contribution in [0.5, 0.6) is 0 Å². The minimum absolute atomic E-state index is 0.112. The molecule has 1 heterocycles. The highest BCUT2D eigenvalue weighted by Crippen LogP contribution is 2.17. The number of nitriles is 1. The highest BCUT2D eigenvalue weighted by Gasteiger charge is 2.07. The number of nitrogens with zero attached hydrogens (tertiary/aromatic N) is 2. The van der Waals surface area contributed by atoms with Crippen LogP contribution >= 0.6 is 0 Å². The lowest BCUT2D eigenvalue weighted by atomic mass is 9.98. The van der Waals surface area contributed by atoms with E-state index in [4.69, 9.17) is 5.26 Å². The molecule has 3 nitrogen and oxygen atoms in total. The summed E-state index contributed by atoms with van der Waals surface area (Å²) in [5, 5.41) is 8.93. The van der Waals surface area contributed by atoms with Crippen LogP contribution in [0.4, 0.5) is 0 Å². The maximum atomic E-state index is 8.93. The molecule has 1 aromatic carbocycles. The van der Waals surface area contributed by atoms with E-state index in [1.54, 1.807) is 0 Å². The Kier molecular flexibility index (Phi) is 2.91. The van der Waals surface area contributed by atoms with Crippen LogP contribution in [0.1, 0.15) is 24.7 Å². The molecule has 0 aliphatic rings. The summed E-state index contributed by atoms with van der Waals surface area (Å²) in [5.41, 5.74) is 3.25. The number of hydrogen-bond donors (Lipinski definition) is 1. The van der Waals surface area contributed by atoms with Crippen molar-refractivity contribution in [3.8, 4) is 6.07 Å². The smallest absolute Gasteiger partial charge is 0.104 e. The van der Waals surface area contributed by atoms with Crippen molar-refractivity contribution in [3.05, 3.63) is 29.6 Å². The molecular weight excluding hydrogens is 198 g/mol. The first-order valence-corrected chi connectivity index (χ1v) is 5.57. The minimum Gasteiger partial charge on any atom is -0.342 e. The Hall–Kier alpha value is -1.82. The van der Waals surface area contributed by atoms with Crippen molar-refractivity contribution in [3.63, 3.8) is 0 Å². The van der Waals surface area contributed by atoms with Crippen LogP contribution < -0.4 is 0 Å². The lowest BCUT2D eigenvalue weighted by Gasteiger charge is -2.05. The molecule has 0 aliphatic carbocycles. The second kappa shape index (κ2) is 4.36. The molecule has 16 heavy (non-hydrogen) atoms. The van der Waals surface area contributed by atoms with Crippen molar-refractivity contribution >= 4 is 11.0 Å². The van der Waals surface area contributed by atoms with Gasteiger partial charge in [-0.3, -0.25) is 0 Å². The van der Waals surface area contributed by atoms with E-state index < -0.39 is 0 Å². The molecule has 0 spiro atoms. The summed E-state index contributed by atoms with van der Waals surface area (Å²) in [6, 6.07) is 8.49. The van der Waals surface area contributed by atoms with Gasteiger partial charge in [0.2, 0.25) is 0 Å². The number of benzene rings is 1. The zero-order valence-electron chi connectivity index (χ0n) is 9.62. The number of hydrogen-bond acceptors (Lipinski definition) is 2. The van der Waals surface area contributed by atoms with Crippen LogP contribution in [0.3, 0.4) is 0 Å². The van der Waals surface area contributed by atoms with E-state index in [0.717, 1.165) is 29.7 Å². The van der Waals surface area contributed by atoms with Gasteiger partial charge >= 0.3 is 0 Å². The topological polar surface area (TPSA) is 52.5 Å². The number of fused-ring (bicyclic) bond motifs is 1. The van der Waals surface area contributed by atoms with Gasteiger partial charge in [0.1, 0.15) is 5.82 Å². The molecule has 0 aliphatic heterocycles. The van der Waals surface area contributed by atoms with Crippen LogP contribution in [0.2, 0.25) is 0 Å². The number of nitrogens with one attached hydrogen (secondary N) is 1. The second-order valence-electron chi connectivity index (χ2n) is 4.11. The molecule has 1 N–H and O–H groups in total. The van der Waals surface area contributed by atoms with Crippen LogP contribution in [-0.4, -0.2) is 9.97 Å². The van der Waals surface area contributed by atoms with Crippen molar-refractivity contribution in [2.45, 2.75) is 26.7 Å². The van der Waals surface area contributed by atoms with Gasteiger partial charge in [0.05, 0.1) is 23.0 Å². The van der Waals surface area contributed by atoms with Gasteiger partial charge in [-0.05, 0) is 37.5 Å². The number of aryl methyl sites for hydroxylation is 1. The van der Waals surface area contributed by atoms with Crippen LogP contribution in [-0.2, 0) is 6.42 Å². The van der Waals surface area contributed by atoms with Gasteiger partial charge in [-0.15, -0.1) is 0 Å². The second-order valence-corrected chi connectivity index (χ2v) is 4.11. The average Bonchev–Trinajstić information content (AvgIpc) is 2.65. The maximum Gasteiger partial charge on any atom is 0.104 e. The van der Waals surface area contributed by atoms with Crippen molar-refractivity contribution in [2.24, 2.45) is 5.92 Å². The van der Waals surface area contributed by atoms with Crippen LogP contribution in [0.15, 0.2) is 18.2 Å². The molecule has 0 saturated heterocycles. The van der Waals surface area contributed by atoms with Gasteiger partial charge in [-0.25, -0.2) is 4.98 Å². The molecule has 2 aromatic rings. The van der Waals surface area contributed by atoms with E-state index in [-0.39, 0.29) is 5.92 Å². The summed E-state index contributed by atoms with van der Waals surface area (Å²) in [4.78, 5) is 7.57. The molecule has 82 valence electrons. The Morgan fingerprint density at radius 3 is 3.00 bits per heavy atom. The lowest BCUT2D eigenvalue weighted by molar-refractivity contribution is 0.638. The molecule has 1 unspecified atom stereocenters. The van der Waals surface area contributed by atoms with Crippen LogP contribution in [0, 0.1) is 24.2 Å². The molecule has 1 aromatic heterocycles. The third-order valence-corrected chi connectivity index (χ3v) is 2.82. The molecule has 0 bridgehead atoms. The fraction of sp³-hybridized carbons (Fsp3) is 0.385. The first kappa shape index (κ1) is 10.7. The third-order valence-electron chi connectivity index (χ3n) is 2.82. The third kappa shape index (κ3) is 2.06. The van der Waals surface area contributed by atoms with Crippen LogP contribution in [0.25, 0.3) is 11.0 Å². The average molecular weight is 213 g/mol. The van der Waals surface area contributed by atoms with Gasteiger partial charge in [0.15, 0.2) is 0 Å². The lowest BCUT2D eigenvalue weighted by Crippen LogP contribution is -1.99. The summed E-state index contributed by atoms with van der Waals surface area (Å²) in [6.07, 6.45) is 1.72. The maximum absolute atomic E-state index is 8.93. The first-order chi connectivity index (χ1) is 7.72. The van der Waals surface area contributed by atoms with Gasteiger partial charge in [-0.2, -0.15) is 5.26 Å². The Balaban J connectivity index is 2.29. The van der Waals surface area contributed by atoms with Gasteiger partial charge in [-0.1, -0.05) is 13.0 Å². The van der Waals surface area contributed by atoms with E-state index in [0.29, 0.717) is 0 Å². The fourth-order valence-electron chi connectivity index (χ4n) is 1.88. The fourth-order valence-corrected chi connectivity index (χ4v) is 1.88. The quantitative estimate of drug-likeness (QED) is 0.852. The summed E-state index contributed by atoms with van der Waals surface area (Å²) in [7, 11) is 0. The molecule has 0 amide bonds. The number of aromatic nitrogens is 2. The van der Waals surface area contributed by atoms with Gasteiger partial charge < -0.3 is 4.98 Å². The van der Waals surface area contributed by atoms with E-state index in [9.17, 15) is 0 Å². The zero-order chi connectivity index (χ0) is 11.5. The van der Waals surface area contributed by atoms with Crippen molar-refractivity contribution in [1.29, 1.82) is 5.26 Å². The number of H-pyrrole nitrogens is 1. The summed E-state index contributed by atoms with van der Waals surface area (Å²) >= 11 is 0. The van der Waals surface area contributed by atoms with E-state index in [2.05, 4.69) is 28.2 Å². The normalized spacial score (nSPS) is 12.6. The number of imidazole rings is 1. The highest BCUT2D eigenvalue weighted by atomic mass is 14.9. The molecule has 3 heteroatoms. The standard InChI is InChI=1S/C13H15N3/c1-3-10(8-14)6-11-4-5-12-13(7-11)16-9(2)15-12/h4-5,7,10H,3,6H2,1-2H3,(H,15,16). The Labute approximate surface area is 95.1 Å². The molecular formula is C13H15N3. The Morgan fingerprint density at radius 2 is 2.31 bits per heavy atom. The zero-order valence-corrected chi connectivity index (χ0v) is 9.62. The minimum atomic E-state index is 0.112. The van der Waals surface area contributed by atoms with E-state index in [1.807, 2.05) is 19.9 Å². The molecule has 0 radical (unpaired) electrons. The first-order valence-electron chi connectivity index (χ1n) is 5.57.